The average molecular weight is 413 g/mol. The molecule has 0 aliphatic heterocycles. The smallest absolute Gasteiger partial charge is 0.251 e. The van der Waals surface area contributed by atoms with E-state index in [1.165, 1.54) is 0 Å². The van der Waals surface area contributed by atoms with Gasteiger partial charge in [-0.3, -0.25) is 4.79 Å². The molecule has 1 unspecified atom stereocenters. The summed E-state index contributed by atoms with van der Waals surface area (Å²) in [5.41, 5.74) is 11.8. The van der Waals surface area contributed by atoms with Gasteiger partial charge in [-0.05, 0) is 55.5 Å². The van der Waals surface area contributed by atoms with Gasteiger partial charge in [0.25, 0.3) is 5.91 Å². The molecule has 1 aromatic carbocycles. The molecule has 0 spiro atoms. The van der Waals surface area contributed by atoms with Crippen LogP contribution in [-0.2, 0) is 11.8 Å². The molecule has 0 fully saturated rings. The maximum absolute atomic E-state index is 12.2. The highest BCUT2D eigenvalue weighted by molar-refractivity contribution is 5.98. The molecule has 1 amide bonds. The van der Waals surface area contributed by atoms with Crippen molar-refractivity contribution in [2.45, 2.75) is 44.8 Å². The monoisotopic (exact) mass is 412 g/mol. The van der Waals surface area contributed by atoms with Crippen LogP contribution in [0.1, 0.15) is 48.2 Å². The zero-order valence-corrected chi connectivity index (χ0v) is 17.8. The summed E-state index contributed by atoms with van der Waals surface area (Å²) < 4.78 is 0. The Morgan fingerprint density at radius 1 is 1.37 bits per heavy atom. The first-order valence-corrected chi connectivity index (χ1v) is 9.89. The van der Waals surface area contributed by atoms with E-state index in [4.69, 9.17) is 17.4 Å². The van der Waals surface area contributed by atoms with Crippen LogP contribution in [0.2, 0.25) is 0 Å². The first kappa shape index (κ1) is 23.3. The number of nitrogens with zero attached hydrogens (tertiary/aromatic N) is 1. The van der Waals surface area contributed by atoms with Crippen LogP contribution in [0, 0.1) is 0 Å². The van der Waals surface area contributed by atoms with E-state index in [1.54, 1.807) is 13.1 Å². The number of hydrogen-bond acceptors (Lipinski definition) is 6. The maximum Gasteiger partial charge on any atom is 0.251 e. The molecule has 2 rings (SSSR count). The van der Waals surface area contributed by atoms with Crippen LogP contribution in [0.5, 0.6) is 0 Å². The summed E-state index contributed by atoms with van der Waals surface area (Å²) in [7, 11) is 1.59. The van der Waals surface area contributed by atoms with E-state index in [0.717, 1.165) is 28.7 Å². The minimum atomic E-state index is -1.16. The number of rotatable bonds is 6. The first-order chi connectivity index (χ1) is 14.3. The summed E-state index contributed by atoms with van der Waals surface area (Å²) in [6.45, 7) is 3.96. The summed E-state index contributed by atoms with van der Waals surface area (Å²) >= 11 is 0. The van der Waals surface area contributed by atoms with Crippen LogP contribution in [0.25, 0.3) is 0 Å². The fourth-order valence-corrected chi connectivity index (χ4v) is 4.17. The molecular formula is C22H32N6O2. The number of fused-ring (bicyclic) bond motifs is 1. The van der Waals surface area contributed by atoms with E-state index in [2.05, 4.69) is 15.8 Å². The third kappa shape index (κ3) is 4.46. The summed E-state index contributed by atoms with van der Waals surface area (Å²) in [4.78, 5) is 12.2. The number of benzene rings is 1. The van der Waals surface area contributed by atoms with Crippen molar-refractivity contribution in [1.82, 2.24) is 10.7 Å². The van der Waals surface area contributed by atoms with Crippen molar-refractivity contribution in [3.63, 3.8) is 0 Å². The van der Waals surface area contributed by atoms with Gasteiger partial charge in [-0.2, -0.15) is 5.10 Å². The van der Waals surface area contributed by atoms with Gasteiger partial charge in [-0.25, -0.2) is 5.84 Å². The molecule has 2 atom stereocenters. The van der Waals surface area contributed by atoms with E-state index in [0.29, 0.717) is 12.0 Å². The molecule has 9 N–H and O–H groups in total. The molecular weight excluding hydrogens is 380 g/mol. The number of aryl methyl sites for hydroxylation is 1. The number of allylic oxidation sites excluding steroid dienone is 5. The van der Waals surface area contributed by atoms with Gasteiger partial charge < -0.3 is 27.4 Å². The number of hydrazine groups is 1. The predicted molar refractivity (Wildman–Crippen MR) is 120 cm³/mol. The molecule has 162 valence electrons. The Morgan fingerprint density at radius 3 is 2.67 bits per heavy atom. The van der Waals surface area contributed by atoms with Crippen molar-refractivity contribution < 1.29 is 9.90 Å². The van der Waals surface area contributed by atoms with Crippen molar-refractivity contribution in [3.05, 3.63) is 70.3 Å². The van der Waals surface area contributed by atoms with Crippen molar-refractivity contribution in [1.29, 1.82) is 0 Å². The quantitative estimate of drug-likeness (QED) is 0.103. The Hall–Kier alpha value is -2.94. The van der Waals surface area contributed by atoms with Gasteiger partial charge in [0, 0.05) is 19.0 Å². The lowest BCUT2D eigenvalue weighted by molar-refractivity contribution is 0.0963. The van der Waals surface area contributed by atoms with E-state index < -0.39 is 11.6 Å². The highest BCUT2D eigenvalue weighted by atomic mass is 16.3. The standard InChI is InChI=1S/C22H32N6O2/c1-4-5-6-7-17-14(2)8-9-15-12-16(20(30)26-3)10-11-18(15)22(17,13-19(23)29)21(27-24)28-25/h4-7,10-12,19,29H,8-9,13,23-25H2,1-3H3,(H,26,30)(H,27,28)/b5-4-,7-6-/t19-,22?/m1/s1. The van der Waals surface area contributed by atoms with Crippen LogP contribution < -0.4 is 28.2 Å². The highest BCUT2D eigenvalue weighted by Gasteiger charge is 2.45. The highest BCUT2D eigenvalue weighted by Crippen LogP contribution is 2.44. The number of aliphatic hydroxyl groups is 1. The number of amides is 1. The number of nitrogens with one attached hydrogen (secondary N) is 2. The molecule has 0 radical (unpaired) electrons. The predicted octanol–water partition coefficient (Wildman–Crippen LogP) is 1.08. The minimum Gasteiger partial charge on any atom is -0.379 e. The van der Waals surface area contributed by atoms with Gasteiger partial charge in [-0.1, -0.05) is 35.9 Å². The SMILES string of the molecule is C/C=C\C=C/C1=C(C)CCc2cc(C(=O)NC)ccc2C1(C[C@H](N)O)/C(=N/N)NN. The molecule has 0 saturated heterocycles. The number of nitrogens with two attached hydrogens (primary N) is 3. The third-order valence-electron chi connectivity index (χ3n) is 5.50. The lowest BCUT2D eigenvalue weighted by Crippen LogP contribution is -2.52. The normalized spacial score (nSPS) is 20.9. The van der Waals surface area contributed by atoms with Gasteiger partial charge in [-0.15, -0.1) is 0 Å². The number of amidine groups is 1. The lowest BCUT2D eigenvalue weighted by Gasteiger charge is -2.38. The molecule has 0 saturated carbocycles. The van der Waals surface area contributed by atoms with Gasteiger partial charge in [0.2, 0.25) is 0 Å². The Bertz CT molecular complexity index is 901. The van der Waals surface area contributed by atoms with E-state index >= 15 is 0 Å². The van der Waals surface area contributed by atoms with Gasteiger partial charge in [0.1, 0.15) is 6.23 Å². The molecule has 1 aliphatic carbocycles. The minimum absolute atomic E-state index is 0.104. The third-order valence-corrected chi connectivity index (χ3v) is 5.50. The van der Waals surface area contributed by atoms with Gasteiger partial charge in [0.05, 0.1) is 5.41 Å². The Labute approximate surface area is 177 Å². The zero-order valence-electron chi connectivity index (χ0n) is 17.8. The Balaban J connectivity index is 2.91. The van der Waals surface area contributed by atoms with Gasteiger partial charge >= 0.3 is 0 Å². The number of hydrogen-bond donors (Lipinski definition) is 6. The Morgan fingerprint density at radius 2 is 2.10 bits per heavy atom. The van der Waals surface area contributed by atoms with Crippen LogP contribution in [0.4, 0.5) is 0 Å². The average Bonchev–Trinajstić information content (AvgIpc) is 2.84. The van der Waals surface area contributed by atoms with E-state index in [-0.39, 0.29) is 18.2 Å². The summed E-state index contributed by atoms with van der Waals surface area (Å²) in [6, 6.07) is 5.48. The molecule has 30 heavy (non-hydrogen) atoms. The molecule has 0 heterocycles. The second-order valence-corrected chi connectivity index (χ2v) is 7.33. The summed E-state index contributed by atoms with van der Waals surface area (Å²) in [6.07, 6.45) is 8.14. The Kier molecular flexibility index (Phi) is 7.93. The number of carbonyl (C=O) groups is 1. The van der Waals surface area contributed by atoms with Crippen molar-refractivity contribution in [2.24, 2.45) is 22.5 Å². The number of aliphatic hydroxyl groups excluding tert-OH is 1. The second kappa shape index (κ2) is 10.2. The second-order valence-electron chi connectivity index (χ2n) is 7.33. The molecule has 1 aromatic rings. The molecule has 1 aliphatic rings. The van der Waals surface area contributed by atoms with Crippen LogP contribution in [0.15, 0.2) is 58.8 Å². The zero-order chi connectivity index (χ0) is 22.3. The molecule has 0 aromatic heterocycles. The largest absolute Gasteiger partial charge is 0.379 e. The topological polar surface area (TPSA) is 152 Å². The molecule has 8 nitrogen and oxygen atoms in total. The van der Waals surface area contributed by atoms with Crippen molar-refractivity contribution in [3.8, 4) is 0 Å². The number of hydrazone groups is 1. The maximum atomic E-state index is 12.2. The molecule has 0 bridgehead atoms. The number of carbonyl (C=O) groups excluding carboxylic acids is 1. The lowest BCUT2D eigenvalue weighted by atomic mass is 9.68. The fourth-order valence-electron chi connectivity index (χ4n) is 4.17. The summed E-state index contributed by atoms with van der Waals surface area (Å²) in [5, 5.41) is 16.9. The van der Waals surface area contributed by atoms with Gasteiger partial charge in [0.15, 0.2) is 5.84 Å². The van der Waals surface area contributed by atoms with E-state index in [1.807, 2.05) is 50.3 Å². The van der Waals surface area contributed by atoms with Crippen LogP contribution >= 0.6 is 0 Å². The van der Waals surface area contributed by atoms with Crippen LogP contribution in [0.3, 0.4) is 0 Å². The van der Waals surface area contributed by atoms with E-state index in [9.17, 15) is 9.90 Å². The van der Waals surface area contributed by atoms with Crippen LogP contribution in [-0.4, -0.2) is 30.1 Å². The first-order valence-electron chi connectivity index (χ1n) is 9.89. The molecule has 8 heteroatoms. The van der Waals surface area contributed by atoms with Crippen molar-refractivity contribution >= 4 is 11.7 Å². The fraction of sp³-hybridized carbons (Fsp3) is 0.364. The van der Waals surface area contributed by atoms with Crippen molar-refractivity contribution in [2.75, 3.05) is 7.05 Å². The summed E-state index contributed by atoms with van der Waals surface area (Å²) in [5.74, 6) is 11.7.